The van der Waals surface area contributed by atoms with Crippen LogP contribution in [0.2, 0.25) is 0 Å². The number of hydrogen-bond acceptors (Lipinski definition) is 2. The lowest BCUT2D eigenvalue weighted by atomic mass is 9.87. The van der Waals surface area contributed by atoms with E-state index in [1.54, 1.807) is 0 Å². The summed E-state index contributed by atoms with van der Waals surface area (Å²) in [4.78, 5) is 25.8. The Labute approximate surface area is 227 Å². The molecule has 0 atom stereocenters. The Balaban J connectivity index is 2.12. The molecule has 0 spiro atoms. The van der Waals surface area contributed by atoms with E-state index in [0.29, 0.717) is 0 Å². The molecule has 2 aliphatic carbocycles. The largest absolute Gasteiger partial charge is 0.289 e. The summed E-state index contributed by atoms with van der Waals surface area (Å²) < 4.78 is 0. The van der Waals surface area contributed by atoms with Crippen molar-refractivity contribution in [2.75, 3.05) is 0 Å². The number of carbonyl (C=O) groups excluding carboxylic acids is 2. The van der Waals surface area contributed by atoms with Crippen molar-refractivity contribution in [1.29, 1.82) is 0 Å². The maximum Gasteiger partial charge on any atom is 0.185 e. The van der Waals surface area contributed by atoms with E-state index in [2.05, 4.69) is 51.2 Å². The first kappa shape index (κ1) is 31.0. The van der Waals surface area contributed by atoms with Crippen LogP contribution in [0.25, 0.3) is 0 Å². The summed E-state index contributed by atoms with van der Waals surface area (Å²) in [7, 11) is 0. The van der Waals surface area contributed by atoms with Crippen molar-refractivity contribution >= 4 is 11.6 Å². The normalized spacial score (nSPS) is 18.3. The van der Waals surface area contributed by atoms with E-state index in [9.17, 15) is 9.59 Å². The first-order chi connectivity index (χ1) is 18.0. The van der Waals surface area contributed by atoms with Crippen LogP contribution in [0.3, 0.4) is 0 Å². The molecule has 0 saturated carbocycles. The van der Waals surface area contributed by atoms with Gasteiger partial charge in [0.15, 0.2) is 11.6 Å². The number of allylic oxidation sites excluding steroid dienone is 12. The van der Waals surface area contributed by atoms with E-state index in [-0.39, 0.29) is 11.6 Å². The molecule has 2 rings (SSSR count). The van der Waals surface area contributed by atoms with E-state index in [1.807, 2.05) is 13.0 Å². The lowest BCUT2D eigenvalue weighted by Gasteiger charge is -2.16. The first-order valence-electron chi connectivity index (χ1n) is 15.3. The SMILES string of the molecule is CCCCCCCCC1=C/C(=C\C=C2\C=C(CCCC)C(=O)C(CCCCCCCC)=C2)C=C(C)C1=O. The molecule has 0 aromatic heterocycles. The van der Waals surface area contributed by atoms with Crippen molar-refractivity contribution in [3.05, 3.63) is 69.9 Å². The Hall–Kier alpha value is -2.22. The van der Waals surface area contributed by atoms with Crippen molar-refractivity contribution in [3.8, 4) is 0 Å². The molecule has 2 aliphatic rings. The zero-order valence-electron chi connectivity index (χ0n) is 24.3. The van der Waals surface area contributed by atoms with E-state index >= 15 is 0 Å². The van der Waals surface area contributed by atoms with Crippen LogP contribution < -0.4 is 0 Å². The molecule has 204 valence electrons. The Bertz CT molecular complexity index is 932. The van der Waals surface area contributed by atoms with Crippen molar-refractivity contribution in [1.82, 2.24) is 0 Å². The number of rotatable bonds is 18. The number of unbranched alkanes of at least 4 members (excludes halogenated alkanes) is 11. The van der Waals surface area contributed by atoms with Gasteiger partial charge in [0.05, 0.1) is 0 Å². The highest BCUT2D eigenvalue weighted by atomic mass is 16.1. The third kappa shape index (κ3) is 11.4. The maximum absolute atomic E-state index is 13.1. The first-order valence-corrected chi connectivity index (χ1v) is 15.3. The highest BCUT2D eigenvalue weighted by Crippen LogP contribution is 2.28. The maximum atomic E-state index is 13.1. The molecule has 0 aromatic rings. The van der Waals surface area contributed by atoms with Gasteiger partial charge in [0, 0.05) is 16.7 Å². The van der Waals surface area contributed by atoms with Gasteiger partial charge in [0.25, 0.3) is 0 Å². The van der Waals surface area contributed by atoms with Crippen LogP contribution in [0, 0.1) is 0 Å². The van der Waals surface area contributed by atoms with Gasteiger partial charge in [-0.25, -0.2) is 0 Å². The van der Waals surface area contributed by atoms with Crippen LogP contribution in [0.5, 0.6) is 0 Å². The summed E-state index contributed by atoms with van der Waals surface area (Å²) in [5, 5.41) is 0. The van der Waals surface area contributed by atoms with Crippen molar-refractivity contribution < 1.29 is 9.59 Å². The third-order valence-corrected chi connectivity index (χ3v) is 7.51. The molecule has 37 heavy (non-hydrogen) atoms. The molecule has 0 N–H and O–H groups in total. The highest BCUT2D eigenvalue weighted by Gasteiger charge is 2.20. The minimum Gasteiger partial charge on any atom is -0.289 e. The van der Waals surface area contributed by atoms with Crippen molar-refractivity contribution in [2.45, 2.75) is 137 Å². The molecule has 0 bridgehead atoms. The Morgan fingerprint density at radius 1 is 0.486 bits per heavy atom. The highest BCUT2D eigenvalue weighted by molar-refractivity contribution is 6.10. The van der Waals surface area contributed by atoms with Crippen LogP contribution in [0.4, 0.5) is 0 Å². The van der Waals surface area contributed by atoms with Crippen LogP contribution in [-0.4, -0.2) is 11.6 Å². The van der Waals surface area contributed by atoms with E-state index in [4.69, 9.17) is 0 Å². The van der Waals surface area contributed by atoms with E-state index in [0.717, 1.165) is 78.4 Å². The molecule has 0 unspecified atom stereocenters. The smallest absolute Gasteiger partial charge is 0.185 e. The molecular formula is C35H52O2. The lowest BCUT2D eigenvalue weighted by molar-refractivity contribution is -0.113. The molecule has 2 nitrogen and oxygen atoms in total. The average molecular weight is 505 g/mol. The zero-order chi connectivity index (χ0) is 26.9. The average Bonchev–Trinajstić information content (AvgIpc) is 2.89. The standard InChI is InChI=1S/C35H52O2/c1-5-8-11-13-15-17-20-31-25-29(24-28(4)34(31)36)22-23-30-26-32(19-10-7-3)35(37)33(27-30)21-18-16-14-12-9-6-2/h22-27H,5-21H2,1-4H3/b29-22-,30-23-. The summed E-state index contributed by atoms with van der Waals surface area (Å²) in [5.41, 5.74) is 5.88. The monoisotopic (exact) mass is 504 g/mol. The van der Waals surface area contributed by atoms with Gasteiger partial charge in [0.2, 0.25) is 0 Å². The van der Waals surface area contributed by atoms with Gasteiger partial charge in [-0.1, -0.05) is 104 Å². The summed E-state index contributed by atoms with van der Waals surface area (Å²) in [5.74, 6) is 0.455. The van der Waals surface area contributed by atoms with Gasteiger partial charge in [-0.15, -0.1) is 0 Å². The van der Waals surface area contributed by atoms with Gasteiger partial charge in [-0.05, 0) is 86.5 Å². The minimum atomic E-state index is 0.199. The second kappa shape index (κ2) is 18.1. The number of hydrogen-bond donors (Lipinski definition) is 0. The number of Topliss-reactive ketones (excluding diaryl/α,β-unsaturated/α-hetero) is 2. The van der Waals surface area contributed by atoms with Gasteiger partial charge < -0.3 is 0 Å². The summed E-state index contributed by atoms with van der Waals surface area (Å²) in [6.45, 7) is 8.59. The topological polar surface area (TPSA) is 34.1 Å². The van der Waals surface area contributed by atoms with Crippen LogP contribution in [0.1, 0.15) is 137 Å². The summed E-state index contributed by atoms with van der Waals surface area (Å²) in [6.07, 6.45) is 32.1. The number of carbonyl (C=O) groups is 2. The fourth-order valence-electron chi connectivity index (χ4n) is 5.16. The fourth-order valence-corrected chi connectivity index (χ4v) is 5.16. The second-order valence-electron chi connectivity index (χ2n) is 11.0. The molecule has 0 aromatic carbocycles. The molecule has 0 fully saturated rings. The fraction of sp³-hybridized carbons (Fsp3) is 0.600. The minimum absolute atomic E-state index is 0.199. The molecule has 0 amide bonds. The zero-order valence-corrected chi connectivity index (χ0v) is 24.3. The third-order valence-electron chi connectivity index (χ3n) is 7.51. The van der Waals surface area contributed by atoms with Crippen LogP contribution in [0.15, 0.2) is 69.9 Å². The van der Waals surface area contributed by atoms with Crippen LogP contribution in [-0.2, 0) is 9.59 Å². The van der Waals surface area contributed by atoms with Crippen molar-refractivity contribution in [3.63, 3.8) is 0 Å². The Morgan fingerprint density at radius 2 is 0.865 bits per heavy atom. The van der Waals surface area contributed by atoms with Crippen molar-refractivity contribution in [2.24, 2.45) is 0 Å². The number of ketones is 2. The van der Waals surface area contributed by atoms with E-state index in [1.165, 1.54) is 64.2 Å². The molecule has 0 heterocycles. The van der Waals surface area contributed by atoms with Gasteiger partial charge in [-0.2, -0.15) is 0 Å². The summed E-state index contributed by atoms with van der Waals surface area (Å²) in [6, 6.07) is 0. The Morgan fingerprint density at radius 3 is 1.35 bits per heavy atom. The van der Waals surface area contributed by atoms with Crippen LogP contribution >= 0.6 is 0 Å². The van der Waals surface area contributed by atoms with E-state index < -0.39 is 0 Å². The quantitative estimate of drug-likeness (QED) is 0.174. The molecular weight excluding hydrogens is 452 g/mol. The predicted molar refractivity (Wildman–Crippen MR) is 160 cm³/mol. The lowest BCUT2D eigenvalue weighted by Crippen LogP contribution is -2.11. The van der Waals surface area contributed by atoms with Gasteiger partial charge in [-0.3, -0.25) is 9.59 Å². The molecule has 0 saturated heterocycles. The molecule has 2 heteroatoms. The Kier molecular flexibility index (Phi) is 15.2. The molecule has 0 radical (unpaired) electrons. The van der Waals surface area contributed by atoms with Gasteiger partial charge >= 0.3 is 0 Å². The predicted octanol–water partition coefficient (Wildman–Crippen LogP) is 10.4. The second-order valence-corrected chi connectivity index (χ2v) is 11.0. The van der Waals surface area contributed by atoms with Gasteiger partial charge in [0.1, 0.15) is 0 Å². The summed E-state index contributed by atoms with van der Waals surface area (Å²) >= 11 is 0. The molecule has 0 aliphatic heterocycles.